The molecular formula is C75H108F6O45S2. The van der Waals surface area contributed by atoms with Crippen molar-refractivity contribution in [2.75, 3.05) is 39.6 Å². The van der Waals surface area contributed by atoms with Gasteiger partial charge in [0, 0.05) is 128 Å². The first kappa shape index (κ1) is 111. The fourth-order valence-corrected chi connectivity index (χ4v) is 14.9. The second kappa shape index (κ2) is 48.8. The number of halogens is 6. The van der Waals surface area contributed by atoms with Crippen molar-refractivity contribution in [3.05, 3.63) is 0 Å². The van der Waals surface area contributed by atoms with Crippen LogP contribution in [0.25, 0.3) is 0 Å². The standard InChI is InChI=1S/2C25H35F3O16S.C25H38O13/c1-10-17(8-36-12(3)29)43-24(23(42-16(7)33)19(10)39-13(4)30)44-21-18(9-37-45(34,35)25(26,27)28)38-11(2)20(40-14(5)31)22(21)41-15(6)32;1-10-17(8-36-12(3)29)42-24(23(41-16(7)33)19(10)39-14(5)31)43-21-18(9-37-13(4)30)38-11(2)20(40-15(6)32)22(21)44-45(34,35)25(26,27)28;1-11-13(3)33-20(10-32-15(5)27)23(21(11)34-16(6)28)38-25-24(36-18(8)30)22(35-17(7)29)12(2)19(37-25)9-31-14(4)26/h2*10-11,17-24H,8-9H2,1-7H3;11-13,19-25H,9-10H2,1-8H3/t10-,11?,17?,18?,19-,20-,21-,22+,23?,24+;10-,11?,17?,18?,19-,20-,21-,22-,23?,24+;11-,12+,13?,19?,20?,21-,22+,23+,24?,25-/m110/s1. The van der Waals surface area contributed by atoms with Crippen LogP contribution in [0.15, 0.2) is 0 Å². The minimum Gasteiger partial charge on any atom is -0.463 e. The number of hydrogen-bond donors (Lipinski definition) is 0. The van der Waals surface area contributed by atoms with Gasteiger partial charge in [-0.15, -0.1) is 0 Å². The van der Waals surface area contributed by atoms with E-state index < -0.39 is 324 Å². The van der Waals surface area contributed by atoms with Gasteiger partial charge in [-0.2, -0.15) is 43.2 Å². The van der Waals surface area contributed by atoms with Crippen LogP contribution in [0, 0.1) is 23.7 Å². The summed E-state index contributed by atoms with van der Waals surface area (Å²) in [5.41, 5.74) is -11.8. The quantitative estimate of drug-likeness (QED) is 0.0316. The Labute approximate surface area is 730 Å². The molecule has 0 bridgehead atoms. The number of rotatable bonds is 31. The Morgan fingerprint density at radius 3 is 0.711 bits per heavy atom. The summed E-state index contributed by atoms with van der Waals surface area (Å²) in [6, 6.07) is 0. The molecule has 12 unspecified atom stereocenters. The van der Waals surface area contributed by atoms with E-state index in [1.807, 2.05) is 0 Å². The molecule has 0 N–H and O–H groups in total. The first-order valence-corrected chi connectivity index (χ1v) is 42.0. The summed E-state index contributed by atoms with van der Waals surface area (Å²) in [4.78, 5) is 178. The van der Waals surface area contributed by atoms with Gasteiger partial charge in [0.1, 0.15) is 118 Å². The molecule has 0 saturated carbocycles. The van der Waals surface area contributed by atoms with Gasteiger partial charge in [0.2, 0.25) is 0 Å². The lowest BCUT2D eigenvalue weighted by Gasteiger charge is -2.48. The van der Waals surface area contributed by atoms with E-state index in [0.29, 0.717) is 0 Å². The van der Waals surface area contributed by atoms with Gasteiger partial charge in [-0.3, -0.25) is 80.3 Å². The number of carbonyl (C=O) groups is 15. The van der Waals surface area contributed by atoms with E-state index in [4.69, 9.17) is 114 Å². The molecule has 0 spiro atoms. The molecule has 0 aromatic carbocycles. The van der Waals surface area contributed by atoms with Crippen LogP contribution in [0.4, 0.5) is 26.3 Å². The van der Waals surface area contributed by atoms with Gasteiger partial charge >= 0.3 is 121 Å². The summed E-state index contributed by atoms with van der Waals surface area (Å²) in [5.74, 6) is -14.4. The Kier molecular flexibility index (Phi) is 42.5. The fraction of sp³-hybridized carbons (Fsp3) is 0.800. The van der Waals surface area contributed by atoms with Gasteiger partial charge in [-0.25, -0.2) is 0 Å². The van der Waals surface area contributed by atoms with E-state index in [9.17, 15) is 115 Å². The summed E-state index contributed by atoms with van der Waals surface area (Å²) >= 11 is 0. The highest BCUT2D eigenvalue weighted by atomic mass is 32.2. The van der Waals surface area contributed by atoms with Gasteiger partial charge in [-0.1, -0.05) is 27.7 Å². The molecule has 0 radical (unpaired) electrons. The van der Waals surface area contributed by atoms with Gasteiger partial charge in [-0.05, 0) is 20.8 Å². The van der Waals surface area contributed by atoms with Crippen LogP contribution < -0.4 is 0 Å². The lowest BCUT2D eigenvalue weighted by molar-refractivity contribution is -0.337. The number of esters is 15. The molecule has 6 saturated heterocycles. The number of hydrogen-bond acceptors (Lipinski definition) is 45. The van der Waals surface area contributed by atoms with E-state index in [-0.39, 0.29) is 19.1 Å². The minimum absolute atomic E-state index is 0.195. The summed E-state index contributed by atoms with van der Waals surface area (Å²) in [7, 11) is -12.6. The maximum atomic E-state index is 13.5. The number of ether oxygens (including phenoxy) is 24. The van der Waals surface area contributed by atoms with Gasteiger partial charge in [0.25, 0.3) is 0 Å². The van der Waals surface area contributed by atoms with E-state index in [0.717, 1.165) is 69.2 Å². The van der Waals surface area contributed by atoms with E-state index in [2.05, 4.69) is 8.37 Å². The average Bonchev–Trinajstić information content (AvgIpc) is 0.770. The molecular weight excluding hydrogens is 1800 g/mol. The van der Waals surface area contributed by atoms with Gasteiger partial charge < -0.3 is 114 Å². The number of alkyl halides is 6. The highest BCUT2D eigenvalue weighted by molar-refractivity contribution is 7.87. The normalized spacial score (nSPS) is 33.0. The predicted molar refractivity (Wildman–Crippen MR) is 400 cm³/mol. The maximum Gasteiger partial charge on any atom is 0.523 e. The van der Waals surface area contributed by atoms with Crippen LogP contribution >= 0.6 is 0 Å². The van der Waals surface area contributed by atoms with Crippen LogP contribution in [0.1, 0.15) is 152 Å². The zero-order valence-corrected chi connectivity index (χ0v) is 75.2. The third-order valence-corrected chi connectivity index (χ3v) is 21.5. The predicted octanol–water partition coefficient (Wildman–Crippen LogP) is 2.43. The minimum atomic E-state index is -6.40. The Hall–Kier alpha value is -8.91. The van der Waals surface area contributed by atoms with Crippen molar-refractivity contribution in [1.29, 1.82) is 0 Å². The van der Waals surface area contributed by atoms with Crippen molar-refractivity contribution >= 4 is 110 Å². The first-order chi connectivity index (χ1) is 59.0. The molecule has 0 aromatic heterocycles. The molecule has 128 heavy (non-hydrogen) atoms. The maximum absolute atomic E-state index is 13.5. The van der Waals surface area contributed by atoms with Gasteiger partial charge in [0.15, 0.2) is 55.5 Å². The van der Waals surface area contributed by atoms with Crippen LogP contribution in [0.3, 0.4) is 0 Å². The molecule has 0 aromatic rings. The van der Waals surface area contributed by atoms with Crippen molar-refractivity contribution < 1.29 is 237 Å². The summed E-state index contributed by atoms with van der Waals surface area (Å²) in [6.45, 7) is 23.6. The Bertz CT molecular complexity index is 4090. The van der Waals surface area contributed by atoms with Crippen molar-refractivity contribution in [3.63, 3.8) is 0 Å². The molecule has 6 heterocycles. The molecule has 0 aliphatic carbocycles. The summed E-state index contributed by atoms with van der Waals surface area (Å²) < 4.78 is 269. The third kappa shape index (κ3) is 33.5. The molecule has 45 nitrogen and oxygen atoms in total. The lowest BCUT2D eigenvalue weighted by Crippen LogP contribution is -2.65. The van der Waals surface area contributed by atoms with Crippen molar-refractivity contribution in [2.24, 2.45) is 23.7 Å². The van der Waals surface area contributed by atoms with Crippen LogP contribution in [-0.2, 0) is 214 Å². The lowest BCUT2D eigenvalue weighted by atomic mass is 9.87. The van der Waals surface area contributed by atoms with E-state index >= 15 is 0 Å². The Morgan fingerprint density at radius 1 is 0.234 bits per heavy atom. The molecule has 0 amide bonds. The molecule has 53 heteroatoms. The van der Waals surface area contributed by atoms with E-state index in [1.165, 1.54) is 62.3 Å². The SMILES string of the molecule is CC(=O)OCC1O[C@@H](O[C@@H]2C(COC(C)=O)OC(C)[C@@H](OC(C)=O)[C@H]2OS(=O)(=O)C(F)(F)F)C(OC(C)=O)[C@H](OC(C)=O)[C@@H]1C.CC(=O)OCC1O[C@@H](O[C@@H]2C(COC(C)=O)OC(C)[C@H](C)[C@@H]2OC(C)=O)C(OC(C)=O)[C@H](OC(C)=O)[C@@H]1C.CC(=O)OCC1O[C@@H](O[C@@H]2C(COS(=O)(=O)C(F)(F)F)OC(C)[C@@H](OC(C)=O)[C@@H]2OC(C)=O)C(OC(C)=O)[C@H](OC(C)=O)[C@@H]1C. The molecule has 6 aliphatic heterocycles. The van der Waals surface area contributed by atoms with Crippen LogP contribution in [0.2, 0.25) is 0 Å². The zero-order chi connectivity index (χ0) is 97.6. The molecule has 732 valence electrons. The summed E-state index contributed by atoms with van der Waals surface area (Å²) in [5, 5.41) is 0. The monoisotopic (exact) mass is 1910 g/mol. The zero-order valence-electron chi connectivity index (χ0n) is 73.5. The Balaban J connectivity index is 0.000000404. The highest BCUT2D eigenvalue weighted by Crippen LogP contribution is 2.43. The average molecular weight is 1910 g/mol. The second-order valence-corrected chi connectivity index (χ2v) is 33.1. The molecule has 30 atom stereocenters. The smallest absolute Gasteiger partial charge is 0.463 e. The van der Waals surface area contributed by atoms with Gasteiger partial charge in [0.05, 0.1) is 24.9 Å². The topological polar surface area (TPSA) is 564 Å². The fourth-order valence-electron chi connectivity index (χ4n) is 13.8. The second-order valence-electron chi connectivity index (χ2n) is 29.9. The Morgan fingerprint density at radius 2 is 0.445 bits per heavy atom. The van der Waals surface area contributed by atoms with Crippen molar-refractivity contribution in [1.82, 2.24) is 0 Å². The third-order valence-electron chi connectivity index (χ3n) is 19.4. The van der Waals surface area contributed by atoms with E-state index in [1.54, 1.807) is 20.8 Å². The first-order valence-electron chi connectivity index (χ1n) is 39.2. The molecule has 6 aliphatic rings. The van der Waals surface area contributed by atoms with Crippen molar-refractivity contribution in [3.8, 4) is 0 Å². The largest absolute Gasteiger partial charge is 0.523 e. The van der Waals surface area contributed by atoms with Crippen LogP contribution in [-0.4, -0.2) is 316 Å². The summed E-state index contributed by atoms with van der Waals surface area (Å²) in [6.07, 6.45) is -36.9. The molecule has 6 rings (SSSR count). The molecule has 6 fully saturated rings. The van der Waals surface area contributed by atoms with Crippen molar-refractivity contribution in [2.45, 2.75) is 323 Å². The van der Waals surface area contributed by atoms with Crippen LogP contribution in [0.5, 0.6) is 0 Å². The number of carbonyl (C=O) groups excluding carboxylic acids is 15. The highest BCUT2D eigenvalue weighted by Gasteiger charge is 2.61.